The van der Waals surface area contributed by atoms with Gasteiger partial charge in [0.15, 0.2) is 0 Å². The number of nitrogens with zero attached hydrogens (tertiary/aromatic N) is 1. The first-order valence-electron chi connectivity index (χ1n) is 9.36. The van der Waals surface area contributed by atoms with Gasteiger partial charge in [-0.2, -0.15) is 4.31 Å². The van der Waals surface area contributed by atoms with Crippen molar-refractivity contribution in [3.8, 4) is 0 Å². The van der Waals surface area contributed by atoms with Crippen LogP contribution in [0.4, 0.5) is 0 Å². The van der Waals surface area contributed by atoms with E-state index in [1.54, 1.807) is 57.2 Å². The number of allylic oxidation sites excluding steroid dienone is 2. The van der Waals surface area contributed by atoms with Gasteiger partial charge in [-0.05, 0) is 63.5 Å². The zero-order valence-electron chi connectivity index (χ0n) is 16.8. The van der Waals surface area contributed by atoms with E-state index in [2.05, 4.69) is 6.58 Å². The average Bonchev–Trinajstić information content (AvgIpc) is 2.98. The zero-order valence-corrected chi connectivity index (χ0v) is 17.6. The van der Waals surface area contributed by atoms with Gasteiger partial charge in [0.05, 0.1) is 10.3 Å². The number of ether oxygens (including phenoxy) is 1. The molecule has 0 radical (unpaired) electrons. The van der Waals surface area contributed by atoms with Crippen LogP contribution in [-0.4, -0.2) is 31.8 Å². The average molecular weight is 402 g/mol. The van der Waals surface area contributed by atoms with Gasteiger partial charge in [0.1, 0.15) is 5.76 Å². The summed E-state index contributed by atoms with van der Waals surface area (Å²) in [5.74, 6) is 0.0937. The molecular formula is C22H27NO4S. The highest BCUT2D eigenvalue weighted by atomic mass is 32.2. The summed E-state index contributed by atoms with van der Waals surface area (Å²) in [4.78, 5) is 12.5. The predicted molar refractivity (Wildman–Crippen MR) is 109 cm³/mol. The Labute approximate surface area is 167 Å². The Morgan fingerprint density at radius 1 is 1.18 bits per heavy atom. The molecule has 0 saturated carbocycles. The predicted octanol–water partition coefficient (Wildman–Crippen LogP) is 3.83. The number of benzene rings is 1. The Morgan fingerprint density at radius 2 is 1.82 bits per heavy atom. The highest BCUT2D eigenvalue weighted by molar-refractivity contribution is 7.89. The molecule has 0 aromatic heterocycles. The van der Waals surface area contributed by atoms with E-state index in [4.69, 9.17) is 4.74 Å². The molecule has 1 aliphatic heterocycles. The summed E-state index contributed by atoms with van der Waals surface area (Å²) in [5.41, 5.74) is 1.19. The maximum atomic E-state index is 13.0. The lowest BCUT2D eigenvalue weighted by molar-refractivity contribution is -0.147. The van der Waals surface area contributed by atoms with Gasteiger partial charge in [-0.1, -0.05) is 30.4 Å². The molecule has 2 atom stereocenters. The lowest BCUT2D eigenvalue weighted by Gasteiger charge is -2.18. The van der Waals surface area contributed by atoms with Crippen LogP contribution in [-0.2, 0) is 19.6 Å². The highest BCUT2D eigenvalue weighted by Crippen LogP contribution is 2.36. The fraction of sp³-hybridized carbons (Fsp3) is 0.409. The van der Waals surface area contributed by atoms with E-state index >= 15 is 0 Å². The maximum Gasteiger partial charge on any atom is 0.316 e. The Morgan fingerprint density at radius 3 is 2.43 bits per heavy atom. The standard InChI is InChI=1S/C22H27NO4S/c1-15-6-10-19(11-7-15)28(25,26)23-13-17-8-9-18(12-16(2)20(17)14-23)27-21(24)22(3,4)5/h6-12,17,20H,2,13-14H2,1,3-5H3/t17-,20-/m0/s1. The lowest BCUT2D eigenvalue weighted by atomic mass is 9.90. The third kappa shape index (κ3) is 4.13. The summed E-state index contributed by atoms with van der Waals surface area (Å²) >= 11 is 0. The van der Waals surface area contributed by atoms with Gasteiger partial charge in [-0.25, -0.2) is 8.42 Å². The maximum absolute atomic E-state index is 13.0. The van der Waals surface area contributed by atoms with Crippen LogP contribution in [0.1, 0.15) is 26.3 Å². The summed E-state index contributed by atoms with van der Waals surface area (Å²) in [6.07, 6.45) is 5.42. The lowest BCUT2D eigenvalue weighted by Crippen LogP contribution is -2.29. The van der Waals surface area contributed by atoms with Gasteiger partial charge in [0.25, 0.3) is 0 Å². The second-order valence-corrected chi connectivity index (χ2v) is 10.5. The van der Waals surface area contributed by atoms with E-state index in [1.165, 1.54) is 4.31 Å². The quantitative estimate of drug-likeness (QED) is 0.722. The molecule has 28 heavy (non-hydrogen) atoms. The SMILES string of the molecule is C=C1C=C(OC(=O)C(C)(C)C)C=C[C@H]2CN(S(=O)(=O)c3ccc(C)cc3)C[C@@H]12. The second-order valence-electron chi connectivity index (χ2n) is 8.53. The Balaban J connectivity index is 1.77. The van der Waals surface area contributed by atoms with E-state index in [0.29, 0.717) is 23.7 Å². The number of carbonyl (C=O) groups is 1. The van der Waals surface area contributed by atoms with Crippen LogP contribution in [0.5, 0.6) is 0 Å². The molecule has 0 amide bonds. The molecule has 0 unspecified atom stereocenters. The van der Waals surface area contributed by atoms with Crippen molar-refractivity contribution in [3.05, 3.63) is 66.0 Å². The molecule has 1 aromatic carbocycles. The molecule has 2 aliphatic rings. The van der Waals surface area contributed by atoms with E-state index in [0.717, 1.165) is 11.1 Å². The van der Waals surface area contributed by atoms with Gasteiger partial charge in [-0.3, -0.25) is 4.79 Å². The Kier molecular flexibility index (Phi) is 5.38. The van der Waals surface area contributed by atoms with Gasteiger partial charge in [-0.15, -0.1) is 0 Å². The topological polar surface area (TPSA) is 63.7 Å². The van der Waals surface area contributed by atoms with Crippen molar-refractivity contribution < 1.29 is 17.9 Å². The highest BCUT2D eigenvalue weighted by Gasteiger charge is 2.40. The molecule has 1 aliphatic carbocycles. The first-order chi connectivity index (χ1) is 13.0. The minimum Gasteiger partial charge on any atom is -0.426 e. The van der Waals surface area contributed by atoms with Crippen LogP contribution in [0.3, 0.4) is 0 Å². The van der Waals surface area contributed by atoms with Crippen LogP contribution in [0.15, 0.2) is 65.3 Å². The molecule has 1 fully saturated rings. The minimum atomic E-state index is -3.55. The van der Waals surface area contributed by atoms with Crippen LogP contribution in [0.25, 0.3) is 0 Å². The summed E-state index contributed by atoms with van der Waals surface area (Å²) in [5, 5.41) is 0. The van der Waals surface area contributed by atoms with Gasteiger partial charge in [0.2, 0.25) is 10.0 Å². The molecule has 1 saturated heterocycles. The largest absolute Gasteiger partial charge is 0.426 e. The van der Waals surface area contributed by atoms with Crippen LogP contribution < -0.4 is 0 Å². The van der Waals surface area contributed by atoms with Crippen LogP contribution >= 0.6 is 0 Å². The summed E-state index contributed by atoms with van der Waals surface area (Å²) in [7, 11) is -3.55. The number of sulfonamides is 1. The van der Waals surface area contributed by atoms with Crippen molar-refractivity contribution in [2.45, 2.75) is 32.6 Å². The molecule has 1 heterocycles. The Hall–Kier alpha value is -2.18. The van der Waals surface area contributed by atoms with E-state index < -0.39 is 15.4 Å². The molecule has 3 rings (SSSR count). The number of hydrogen-bond acceptors (Lipinski definition) is 4. The van der Waals surface area contributed by atoms with E-state index in [-0.39, 0.29) is 17.8 Å². The van der Waals surface area contributed by atoms with Crippen molar-refractivity contribution in [1.29, 1.82) is 0 Å². The number of fused-ring (bicyclic) bond motifs is 1. The number of carbonyl (C=O) groups excluding carboxylic acids is 1. The smallest absolute Gasteiger partial charge is 0.316 e. The summed E-state index contributed by atoms with van der Waals surface area (Å²) < 4.78 is 33.0. The third-order valence-corrected chi connectivity index (χ3v) is 6.97. The summed E-state index contributed by atoms with van der Waals surface area (Å²) in [6.45, 7) is 12.2. The zero-order chi connectivity index (χ0) is 20.7. The van der Waals surface area contributed by atoms with Crippen LogP contribution in [0, 0.1) is 24.2 Å². The van der Waals surface area contributed by atoms with E-state index in [9.17, 15) is 13.2 Å². The van der Waals surface area contributed by atoms with Gasteiger partial charge in [0, 0.05) is 19.0 Å². The number of aryl methyl sites for hydroxylation is 1. The molecule has 5 nitrogen and oxygen atoms in total. The molecule has 1 aromatic rings. The normalized spacial score (nSPS) is 23.1. The van der Waals surface area contributed by atoms with Crippen molar-refractivity contribution in [2.24, 2.45) is 17.3 Å². The second kappa shape index (κ2) is 7.33. The van der Waals surface area contributed by atoms with E-state index in [1.807, 2.05) is 13.0 Å². The molecule has 6 heteroatoms. The molecule has 0 N–H and O–H groups in total. The number of hydrogen-bond donors (Lipinski definition) is 0. The van der Waals surface area contributed by atoms with Crippen LogP contribution in [0.2, 0.25) is 0 Å². The number of rotatable bonds is 3. The van der Waals surface area contributed by atoms with Crippen molar-refractivity contribution in [2.75, 3.05) is 13.1 Å². The van der Waals surface area contributed by atoms with Crippen molar-refractivity contribution >= 4 is 16.0 Å². The fourth-order valence-electron chi connectivity index (χ4n) is 3.31. The molecular weight excluding hydrogens is 374 g/mol. The Bertz CT molecular complexity index is 949. The first kappa shape index (κ1) is 20.6. The van der Waals surface area contributed by atoms with Gasteiger partial charge < -0.3 is 4.74 Å². The summed E-state index contributed by atoms with van der Waals surface area (Å²) in [6, 6.07) is 6.90. The monoisotopic (exact) mass is 401 g/mol. The molecule has 0 bridgehead atoms. The molecule has 0 spiro atoms. The fourth-order valence-corrected chi connectivity index (χ4v) is 4.82. The van der Waals surface area contributed by atoms with Gasteiger partial charge >= 0.3 is 5.97 Å². The first-order valence-corrected chi connectivity index (χ1v) is 10.8. The van der Waals surface area contributed by atoms with Crippen molar-refractivity contribution in [3.63, 3.8) is 0 Å². The third-order valence-electron chi connectivity index (χ3n) is 5.12. The minimum absolute atomic E-state index is 0.00480. The molecule has 150 valence electrons. The van der Waals surface area contributed by atoms with Crippen molar-refractivity contribution in [1.82, 2.24) is 4.31 Å². The number of esters is 1.